The van der Waals surface area contributed by atoms with Gasteiger partial charge < -0.3 is 20.1 Å². The maximum absolute atomic E-state index is 13.9. The van der Waals surface area contributed by atoms with Crippen LogP contribution in [0.3, 0.4) is 0 Å². The summed E-state index contributed by atoms with van der Waals surface area (Å²) in [5, 5.41) is 8.58. The van der Waals surface area contributed by atoms with E-state index in [9.17, 15) is 9.59 Å². The lowest BCUT2D eigenvalue weighted by molar-refractivity contribution is -0.116. The van der Waals surface area contributed by atoms with Crippen molar-refractivity contribution in [3.05, 3.63) is 57.1 Å². The van der Waals surface area contributed by atoms with Gasteiger partial charge in [0.15, 0.2) is 0 Å². The minimum atomic E-state index is -0.412. The zero-order chi connectivity index (χ0) is 26.5. The number of thiazole rings is 1. The Balaban J connectivity index is 1.71. The molecule has 2 N–H and O–H groups in total. The van der Waals surface area contributed by atoms with Gasteiger partial charge in [0.25, 0.3) is 0 Å². The summed E-state index contributed by atoms with van der Waals surface area (Å²) in [6.07, 6.45) is 4.48. The average molecular weight is 564 g/mol. The number of anilines is 3. The van der Waals surface area contributed by atoms with Crippen LogP contribution in [0.1, 0.15) is 10.6 Å². The van der Waals surface area contributed by atoms with Crippen LogP contribution in [-0.4, -0.2) is 54.2 Å². The van der Waals surface area contributed by atoms with Gasteiger partial charge in [-0.15, -0.1) is 11.3 Å². The van der Waals surface area contributed by atoms with E-state index in [1.807, 2.05) is 5.38 Å². The zero-order valence-corrected chi connectivity index (χ0v) is 22.3. The molecule has 2 aromatic heterocycles. The van der Waals surface area contributed by atoms with E-state index in [2.05, 4.69) is 32.2 Å². The third kappa shape index (κ3) is 5.55. The van der Waals surface area contributed by atoms with E-state index in [-0.39, 0.29) is 34.7 Å². The van der Waals surface area contributed by atoms with Gasteiger partial charge in [0.1, 0.15) is 32.4 Å². The number of fused-ring (bicyclic) bond motifs is 1. The first kappa shape index (κ1) is 26.5. The zero-order valence-electron chi connectivity index (χ0n) is 20.0. The highest BCUT2D eigenvalue weighted by Crippen LogP contribution is 2.48. The molecular weight excluding hydrogens is 541 g/mol. The lowest BCUT2D eigenvalue weighted by Crippen LogP contribution is -2.48. The van der Waals surface area contributed by atoms with E-state index in [0.29, 0.717) is 46.9 Å². The summed E-state index contributed by atoms with van der Waals surface area (Å²) in [6.45, 7) is 4.41. The van der Waals surface area contributed by atoms with E-state index >= 15 is 0 Å². The first-order valence-corrected chi connectivity index (χ1v) is 12.6. The number of aromatic nitrogens is 3. The quantitative estimate of drug-likeness (QED) is 0.279. The molecule has 3 amide bonds. The maximum Gasteiger partial charge on any atom is 0.330 e. The first-order valence-electron chi connectivity index (χ1n) is 10.9. The Morgan fingerprint density at radius 2 is 1.95 bits per heavy atom. The van der Waals surface area contributed by atoms with Crippen LogP contribution in [0.15, 0.2) is 36.5 Å². The van der Waals surface area contributed by atoms with E-state index in [0.717, 1.165) is 0 Å². The number of nitrogens with zero attached hydrogens (tertiary/aromatic N) is 5. The molecule has 0 saturated carbocycles. The average Bonchev–Trinajstić information content (AvgIpc) is 3.42. The highest BCUT2D eigenvalue weighted by atomic mass is 35.5. The second-order valence-electron chi connectivity index (χ2n) is 7.60. The van der Waals surface area contributed by atoms with Crippen LogP contribution in [-0.2, 0) is 17.9 Å². The molecule has 3 heterocycles. The lowest BCUT2D eigenvalue weighted by Gasteiger charge is -2.36. The van der Waals surface area contributed by atoms with E-state index in [1.54, 1.807) is 18.5 Å². The summed E-state index contributed by atoms with van der Waals surface area (Å²) in [4.78, 5) is 41.4. The molecule has 11 nitrogen and oxygen atoms in total. The number of methoxy groups -OCH3 is 2. The minimum Gasteiger partial charge on any atom is -0.495 e. The smallest absolute Gasteiger partial charge is 0.330 e. The summed E-state index contributed by atoms with van der Waals surface area (Å²) in [6, 6.07) is 1.15. The number of hydrogen-bond donors (Lipinski definition) is 2. The van der Waals surface area contributed by atoms with Crippen molar-refractivity contribution < 1.29 is 19.1 Å². The molecule has 0 radical (unpaired) electrons. The number of ether oxygens (including phenoxy) is 2. The number of carbonyl (C=O) groups is 2. The number of rotatable bonds is 10. The standard InChI is InChI=1S/C23H23Cl2N7O4S/c1-4-16(33)26-5-6-28-22-29-10-13-11-31(20-18(24)14(35-2)9-15(36-3)19(20)25)23(34)32(21(13)30-22)12-17-27-7-8-37-17/h4,7-10H,1,5-6,11-12H2,2-3H3,(H,26,33)(H,28,29,30). The fourth-order valence-electron chi connectivity index (χ4n) is 3.63. The number of carbonyl (C=O) groups excluding carboxylic acids is 2. The van der Waals surface area contributed by atoms with Gasteiger partial charge in [-0.05, 0) is 6.08 Å². The van der Waals surface area contributed by atoms with Crippen molar-refractivity contribution in [2.24, 2.45) is 0 Å². The number of amides is 3. The Bertz CT molecular complexity index is 1290. The Kier molecular flexibility index (Phi) is 8.31. The molecule has 1 aliphatic heterocycles. The van der Waals surface area contributed by atoms with Crippen molar-refractivity contribution in [3.63, 3.8) is 0 Å². The molecular formula is C23H23Cl2N7O4S. The number of nitrogens with one attached hydrogen (secondary N) is 2. The molecule has 0 atom stereocenters. The lowest BCUT2D eigenvalue weighted by atomic mass is 10.1. The summed E-state index contributed by atoms with van der Waals surface area (Å²) >= 11 is 14.7. The molecule has 0 fully saturated rings. The Hall–Kier alpha value is -3.61. The molecule has 4 rings (SSSR count). The molecule has 0 spiro atoms. The van der Waals surface area contributed by atoms with Gasteiger partial charge in [0, 0.05) is 42.5 Å². The van der Waals surface area contributed by atoms with Crippen LogP contribution >= 0.6 is 34.5 Å². The van der Waals surface area contributed by atoms with Gasteiger partial charge in [-0.3, -0.25) is 14.6 Å². The Morgan fingerprint density at radius 1 is 1.22 bits per heavy atom. The van der Waals surface area contributed by atoms with E-state index < -0.39 is 6.03 Å². The largest absolute Gasteiger partial charge is 0.495 e. The van der Waals surface area contributed by atoms with E-state index in [1.165, 1.54) is 41.4 Å². The van der Waals surface area contributed by atoms with Crippen molar-refractivity contribution >= 4 is 63.9 Å². The third-order valence-electron chi connectivity index (χ3n) is 5.38. The van der Waals surface area contributed by atoms with Crippen molar-refractivity contribution in [2.75, 3.05) is 42.4 Å². The second kappa shape index (κ2) is 11.6. The first-order chi connectivity index (χ1) is 17.9. The third-order valence-corrected chi connectivity index (χ3v) is 6.87. The number of hydrogen-bond acceptors (Lipinski definition) is 9. The molecule has 0 bridgehead atoms. The molecule has 0 unspecified atom stereocenters. The molecule has 14 heteroatoms. The van der Waals surface area contributed by atoms with Crippen LogP contribution in [0.25, 0.3) is 0 Å². The fraction of sp³-hybridized carbons (Fsp3) is 0.261. The predicted octanol–water partition coefficient (Wildman–Crippen LogP) is 4.12. The summed E-state index contributed by atoms with van der Waals surface area (Å²) in [7, 11) is 2.93. The normalized spacial score (nSPS) is 12.7. The molecule has 1 aliphatic rings. The van der Waals surface area contributed by atoms with Crippen molar-refractivity contribution in [3.8, 4) is 11.5 Å². The van der Waals surface area contributed by atoms with Gasteiger partial charge in [0.2, 0.25) is 11.9 Å². The van der Waals surface area contributed by atoms with Crippen LogP contribution in [0.2, 0.25) is 10.0 Å². The maximum atomic E-state index is 13.9. The second-order valence-corrected chi connectivity index (χ2v) is 9.34. The van der Waals surface area contributed by atoms with Crippen LogP contribution in [0.4, 0.5) is 22.2 Å². The molecule has 0 saturated heterocycles. The fourth-order valence-corrected chi connectivity index (χ4v) is 4.94. The monoisotopic (exact) mass is 563 g/mol. The molecule has 1 aromatic carbocycles. The number of halogens is 2. The topological polar surface area (TPSA) is 122 Å². The predicted molar refractivity (Wildman–Crippen MR) is 143 cm³/mol. The summed E-state index contributed by atoms with van der Waals surface area (Å²) in [5.74, 6) is 1.06. The van der Waals surface area contributed by atoms with Crippen molar-refractivity contribution in [1.82, 2.24) is 20.3 Å². The van der Waals surface area contributed by atoms with Gasteiger partial charge in [-0.2, -0.15) is 4.98 Å². The van der Waals surface area contributed by atoms with Gasteiger partial charge in [0.05, 0.1) is 33.0 Å². The Labute approximate surface area is 227 Å². The van der Waals surface area contributed by atoms with Gasteiger partial charge in [-0.25, -0.2) is 14.8 Å². The van der Waals surface area contributed by atoms with Gasteiger partial charge >= 0.3 is 6.03 Å². The highest BCUT2D eigenvalue weighted by Gasteiger charge is 2.37. The molecule has 3 aromatic rings. The summed E-state index contributed by atoms with van der Waals surface area (Å²) in [5.41, 5.74) is 0.912. The van der Waals surface area contributed by atoms with Crippen LogP contribution < -0.4 is 29.9 Å². The van der Waals surface area contributed by atoms with E-state index in [4.69, 9.17) is 32.7 Å². The minimum absolute atomic E-state index is 0.105. The highest BCUT2D eigenvalue weighted by molar-refractivity contribution is 7.09. The van der Waals surface area contributed by atoms with Crippen molar-refractivity contribution in [1.29, 1.82) is 0 Å². The van der Waals surface area contributed by atoms with Gasteiger partial charge in [-0.1, -0.05) is 29.8 Å². The van der Waals surface area contributed by atoms with Crippen molar-refractivity contribution in [2.45, 2.75) is 13.1 Å². The van der Waals surface area contributed by atoms with Crippen LogP contribution in [0.5, 0.6) is 11.5 Å². The number of urea groups is 1. The molecule has 37 heavy (non-hydrogen) atoms. The summed E-state index contributed by atoms with van der Waals surface area (Å²) < 4.78 is 10.8. The SMILES string of the molecule is C=CC(=O)NCCNc1ncc2c(n1)N(Cc1nccs1)C(=O)N(c1c(Cl)c(OC)cc(OC)c1Cl)C2. The Morgan fingerprint density at radius 3 is 2.57 bits per heavy atom. The number of benzene rings is 1. The molecule has 0 aliphatic carbocycles. The van der Waals surface area contributed by atoms with Crippen LogP contribution in [0, 0.1) is 0 Å². The molecule has 194 valence electrons.